The van der Waals surface area contributed by atoms with Gasteiger partial charge in [0.15, 0.2) is 0 Å². The molecule has 0 radical (unpaired) electrons. The molecule has 3 N–H and O–H groups in total. The Bertz CT molecular complexity index is 438. The van der Waals surface area contributed by atoms with Gasteiger partial charge in [0.05, 0.1) is 5.69 Å². The maximum Gasteiger partial charge on any atom is 0.411 e. The molecule has 0 aliphatic rings. The number of hydrogen-bond acceptors (Lipinski definition) is 4. The molecule has 5 nitrogen and oxygen atoms in total. The van der Waals surface area contributed by atoms with Crippen molar-refractivity contribution < 1.29 is 27.4 Å². The molecule has 0 atom stereocenters. The number of benzene rings is 1. The van der Waals surface area contributed by atoms with E-state index in [2.05, 4.69) is 10.1 Å². The number of alkyl halides is 3. The number of carbonyl (C=O) groups is 1. The van der Waals surface area contributed by atoms with Gasteiger partial charge in [-0.2, -0.15) is 13.2 Å². The van der Waals surface area contributed by atoms with Crippen LogP contribution in [0.1, 0.15) is 0 Å². The molecule has 0 aromatic heterocycles. The number of rotatable bonds is 7. The molecular weight excluding hydrogens is 277 g/mol. The first-order valence-corrected chi connectivity index (χ1v) is 5.78. The number of anilines is 1. The van der Waals surface area contributed by atoms with E-state index in [4.69, 9.17) is 10.5 Å². The fraction of sp³-hybridized carbons (Fsp3) is 0.417. The Kier molecular flexibility index (Phi) is 6.26. The van der Waals surface area contributed by atoms with E-state index in [9.17, 15) is 18.0 Å². The minimum atomic E-state index is -4.46. The number of halogens is 3. The third-order valence-electron chi connectivity index (χ3n) is 2.04. The maximum absolute atomic E-state index is 11.8. The monoisotopic (exact) mass is 292 g/mol. The molecule has 1 rings (SSSR count). The van der Waals surface area contributed by atoms with E-state index in [-0.39, 0.29) is 6.61 Å². The Hall–Kier alpha value is -1.80. The highest BCUT2D eigenvalue weighted by Crippen LogP contribution is 2.23. The normalized spacial score (nSPS) is 11.2. The predicted molar refractivity (Wildman–Crippen MR) is 66.5 cm³/mol. The fourth-order valence-electron chi connectivity index (χ4n) is 1.31. The van der Waals surface area contributed by atoms with Crippen LogP contribution in [-0.4, -0.2) is 38.4 Å². The molecule has 1 aromatic carbocycles. The zero-order valence-electron chi connectivity index (χ0n) is 10.6. The third kappa shape index (κ3) is 6.39. The van der Waals surface area contributed by atoms with Crippen molar-refractivity contribution in [2.75, 3.05) is 31.7 Å². The molecule has 8 heteroatoms. The van der Waals surface area contributed by atoms with Crippen LogP contribution in [0.2, 0.25) is 0 Å². The molecule has 112 valence electrons. The summed E-state index contributed by atoms with van der Waals surface area (Å²) in [5, 5.41) is 2.41. The van der Waals surface area contributed by atoms with Crippen molar-refractivity contribution in [1.29, 1.82) is 0 Å². The minimum Gasteiger partial charge on any atom is -0.490 e. The first-order chi connectivity index (χ1) is 9.42. The Morgan fingerprint density at radius 3 is 2.65 bits per heavy atom. The van der Waals surface area contributed by atoms with E-state index in [1.54, 1.807) is 24.3 Å². The number of nitrogens with one attached hydrogen (secondary N) is 1. The van der Waals surface area contributed by atoms with Gasteiger partial charge in [-0.25, -0.2) is 0 Å². The lowest BCUT2D eigenvalue weighted by atomic mass is 10.3. The second-order valence-corrected chi connectivity index (χ2v) is 3.79. The van der Waals surface area contributed by atoms with Crippen LogP contribution < -0.4 is 15.8 Å². The molecule has 0 fully saturated rings. The number of hydrogen-bond donors (Lipinski definition) is 2. The van der Waals surface area contributed by atoms with Crippen LogP contribution in [0.5, 0.6) is 5.75 Å². The summed E-state index contributed by atoms with van der Waals surface area (Å²) in [5.41, 5.74) is 5.64. The zero-order valence-corrected chi connectivity index (χ0v) is 10.6. The van der Waals surface area contributed by atoms with Crippen LogP contribution in [0.4, 0.5) is 18.9 Å². The number of ether oxygens (including phenoxy) is 2. The molecule has 1 amide bonds. The van der Waals surface area contributed by atoms with E-state index in [1.165, 1.54) is 0 Å². The van der Waals surface area contributed by atoms with Crippen molar-refractivity contribution in [1.82, 2.24) is 0 Å². The standard InChI is InChI=1S/C12H15F3N2O3/c13-12(14,15)8-19-7-11(18)17-9-3-1-2-4-10(9)20-6-5-16/h1-4H,5-8,16H2,(H,17,18). The van der Waals surface area contributed by atoms with Crippen molar-refractivity contribution in [3.8, 4) is 5.75 Å². The average molecular weight is 292 g/mol. The quantitative estimate of drug-likeness (QED) is 0.799. The van der Waals surface area contributed by atoms with E-state index in [0.717, 1.165) is 0 Å². The van der Waals surface area contributed by atoms with E-state index >= 15 is 0 Å². The Morgan fingerprint density at radius 2 is 2.00 bits per heavy atom. The zero-order chi connectivity index (χ0) is 15.0. The highest BCUT2D eigenvalue weighted by molar-refractivity contribution is 5.93. The minimum absolute atomic E-state index is 0.261. The first-order valence-electron chi connectivity index (χ1n) is 5.78. The van der Waals surface area contributed by atoms with Crippen LogP contribution in [0.25, 0.3) is 0 Å². The van der Waals surface area contributed by atoms with E-state index in [1.807, 2.05) is 0 Å². The van der Waals surface area contributed by atoms with Crippen molar-refractivity contribution in [2.24, 2.45) is 5.73 Å². The van der Waals surface area contributed by atoms with Crippen LogP contribution in [-0.2, 0) is 9.53 Å². The van der Waals surface area contributed by atoms with Crippen LogP contribution >= 0.6 is 0 Å². The number of amides is 1. The molecule has 0 saturated heterocycles. The van der Waals surface area contributed by atoms with Gasteiger partial charge in [0.1, 0.15) is 25.6 Å². The van der Waals surface area contributed by atoms with Crippen molar-refractivity contribution in [3.05, 3.63) is 24.3 Å². The summed E-state index contributed by atoms with van der Waals surface area (Å²) in [6.45, 7) is -1.59. The van der Waals surface area contributed by atoms with Crippen LogP contribution in [0.15, 0.2) is 24.3 Å². The number of nitrogens with two attached hydrogens (primary N) is 1. The molecule has 1 aromatic rings. The van der Waals surface area contributed by atoms with Gasteiger partial charge in [-0.3, -0.25) is 4.79 Å². The topological polar surface area (TPSA) is 73.6 Å². The van der Waals surface area contributed by atoms with Gasteiger partial charge < -0.3 is 20.5 Å². The van der Waals surface area contributed by atoms with Gasteiger partial charge in [-0.15, -0.1) is 0 Å². The SMILES string of the molecule is NCCOc1ccccc1NC(=O)COCC(F)(F)F. The molecule has 0 spiro atoms. The third-order valence-corrected chi connectivity index (χ3v) is 2.04. The van der Waals surface area contributed by atoms with Crippen molar-refractivity contribution >= 4 is 11.6 Å². The van der Waals surface area contributed by atoms with E-state index in [0.29, 0.717) is 18.0 Å². The number of carbonyl (C=O) groups excluding carboxylic acids is 1. The summed E-state index contributed by atoms with van der Waals surface area (Å²) in [6.07, 6.45) is -4.46. The van der Waals surface area contributed by atoms with Gasteiger partial charge in [0, 0.05) is 6.54 Å². The largest absolute Gasteiger partial charge is 0.490 e. The second-order valence-electron chi connectivity index (χ2n) is 3.79. The van der Waals surface area contributed by atoms with E-state index < -0.39 is 25.3 Å². The molecule has 0 aliphatic carbocycles. The van der Waals surface area contributed by atoms with Crippen molar-refractivity contribution in [3.63, 3.8) is 0 Å². The summed E-state index contributed by atoms with van der Waals surface area (Å²) < 4.78 is 45.1. The lowest BCUT2D eigenvalue weighted by Crippen LogP contribution is -2.24. The smallest absolute Gasteiger partial charge is 0.411 e. The molecule has 0 heterocycles. The second kappa shape index (κ2) is 7.71. The summed E-state index contributed by atoms with van der Waals surface area (Å²) in [6, 6.07) is 6.53. The van der Waals surface area contributed by atoms with Gasteiger partial charge in [0.2, 0.25) is 5.91 Å². The summed E-state index contributed by atoms with van der Waals surface area (Å²) >= 11 is 0. The molecule has 20 heavy (non-hydrogen) atoms. The molecule has 0 saturated carbocycles. The Morgan fingerprint density at radius 1 is 1.30 bits per heavy atom. The fourth-order valence-corrected chi connectivity index (χ4v) is 1.31. The molecule has 0 unspecified atom stereocenters. The Labute approximate surface area is 113 Å². The highest BCUT2D eigenvalue weighted by atomic mass is 19.4. The van der Waals surface area contributed by atoms with Gasteiger partial charge >= 0.3 is 6.18 Å². The number of para-hydroxylation sites is 2. The molecule has 0 bridgehead atoms. The highest BCUT2D eigenvalue weighted by Gasteiger charge is 2.27. The summed E-state index contributed by atoms with van der Waals surface area (Å²) in [4.78, 5) is 11.4. The van der Waals surface area contributed by atoms with Gasteiger partial charge in [-0.05, 0) is 12.1 Å². The van der Waals surface area contributed by atoms with Gasteiger partial charge in [-0.1, -0.05) is 12.1 Å². The van der Waals surface area contributed by atoms with Gasteiger partial charge in [0.25, 0.3) is 0 Å². The Balaban J connectivity index is 2.49. The summed E-state index contributed by atoms with van der Waals surface area (Å²) in [5.74, 6) is -0.305. The lowest BCUT2D eigenvalue weighted by molar-refractivity contribution is -0.174. The maximum atomic E-state index is 11.8. The summed E-state index contributed by atoms with van der Waals surface area (Å²) in [7, 11) is 0. The average Bonchev–Trinajstić information content (AvgIpc) is 2.36. The molecule has 0 aliphatic heterocycles. The van der Waals surface area contributed by atoms with Crippen molar-refractivity contribution in [2.45, 2.75) is 6.18 Å². The molecular formula is C12H15F3N2O3. The first kappa shape index (κ1) is 16.3. The predicted octanol–water partition coefficient (Wildman–Crippen LogP) is 1.54. The van der Waals surface area contributed by atoms with Crippen LogP contribution in [0.3, 0.4) is 0 Å². The lowest BCUT2D eigenvalue weighted by Gasteiger charge is -2.12. The van der Waals surface area contributed by atoms with Crippen LogP contribution in [0, 0.1) is 0 Å².